The second-order valence-corrected chi connectivity index (χ2v) is 2.70. The standard InChI is InChI=1S/C7H9N5.2C2H6/c1-4-6-3-12(8)11-7(6)10-5(2)9-4;2*1-2/h3H,8H2,1-2H3;2*1-2H3. The molecule has 0 radical (unpaired) electrons. The molecule has 0 unspecified atom stereocenters. The van der Waals surface area contributed by atoms with Gasteiger partial charge in [-0.15, -0.1) is 5.10 Å². The number of aromatic nitrogens is 4. The van der Waals surface area contributed by atoms with Gasteiger partial charge in [0.05, 0.1) is 17.3 Å². The summed E-state index contributed by atoms with van der Waals surface area (Å²) in [6.07, 6.45) is 1.71. The average molecular weight is 223 g/mol. The molecule has 0 amide bonds. The van der Waals surface area contributed by atoms with Crippen LogP contribution < -0.4 is 5.84 Å². The maximum Gasteiger partial charge on any atom is 0.186 e. The Morgan fingerprint density at radius 2 is 1.62 bits per heavy atom. The van der Waals surface area contributed by atoms with Gasteiger partial charge in [0.25, 0.3) is 0 Å². The van der Waals surface area contributed by atoms with Crippen molar-refractivity contribution in [1.82, 2.24) is 19.9 Å². The van der Waals surface area contributed by atoms with Crippen LogP contribution in [0.1, 0.15) is 39.2 Å². The predicted molar refractivity (Wildman–Crippen MR) is 67.6 cm³/mol. The average Bonchev–Trinajstić information content (AvgIpc) is 2.65. The lowest BCUT2D eigenvalue weighted by Gasteiger charge is -1.93. The number of nitrogens with zero attached hydrogens (tertiary/aromatic N) is 4. The van der Waals surface area contributed by atoms with E-state index >= 15 is 0 Å². The highest BCUT2D eigenvalue weighted by atomic mass is 15.5. The van der Waals surface area contributed by atoms with Crippen LogP contribution in [0, 0.1) is 13.8 Å². The molecule has 0 aliphatic rings. The molecular weight excluding hydrogens is 202 g/mol. The first-order valence-corrected chi connectivity index (χ1v) is 5.62. The van der Waals surface area contributed by atoms with E-state index in [0.29, 0.717) is 5.65 Å². The van der Waals surface area contributed by atoms with Crippen molar-refractivity contribution >= 4 is 11.0 Å². The van der Waals surface area contributed by atoms with E-state index in [-0.39, 0.29) is 0 Å². The third-order valence-corrected chi connectivity index (χ3v) is 1.70. The van der Waals surface area contributed by atoms with E-state index in [1.54, 1.807) is 6.20 Å². The Morgan fingerprint density at radius 3 is 2.19 bits per heavy atom. The first kappa shape index (κ1) is 14.3. The van der Waals surface area contributed by atoms with E-state index in [9.17, 15) is 0 Å². The van der Waals surface area contributed by atoms with Gasteiger partial charge < -0.3 is 5.84 Å². The molecule has 0 spiro atoms. The number of rotatable bonds is 0. The highest BCUT2D eigenvalue weighted by Gasteiger charge is 2.04. The van der Waals surface area contributed by atoms with E-state index in [1.807, 2.05) is 41.5 Å². The predicted octanol–water partition coefficient (Wildman–Crippen LogP) is 2.21. The van der Waals surface area contributed by atoms with Crippen LogP contribution in [0.3, 0.4) is 0 Å². The molecule has 5 heteroatoms. The first-order chi connectivity index (χ1) is 7.66. The van der Waals surface area contributed by atoms with Crippen molar-refractivity contribution in [3.63, 3.8) is 0 Å². The molecule has 0 bridgehead atoms. The lowest BCUT2D eigenvalue weighted by molar-refractivity contribution is 0.839. The summed E-state index contributed by atoms with van der Waals surface area (Å²) < 4.78 is 0. The van der Waals surface area contributed by atoms with Crippen LogP contribution in [-0.4, -0.2) is 19.9 Å². The van der Waals surface area contributed by atoms with Crippen LogP contribution in [0.15, 0.2) is 6.20 Å². The Labute approximate surface area is 96.7 Å². The molecule has 90 valence electrons. The van der Waals surface area contributed by atoms with Crippen LogP contribution in [-0.2, 0) is 0 Å². The molecular formula is C11H21N5. The topological polar surface area (TPSA) is 69.6 Å². The first-order valence-electron chi connectivity index (χ1n) is 5.62. The zero-order chi connectivity index (χ0) is 12.7. The zero-order valence-corrected chi connectivity index (χ0v) is 10.9. The molecule has 0 aliphatic heterocycles. The summed E-state index contributed by atoms with van der Waals surface area (Å²) in [5.41, 5.74) is 1.57. The maximum atomic E-state index is 5.45. The summed E-state index contributed by atoms with van der Waals surface area (Å²) in [5.74, 6) is 6.17. The van der Waals surface area contributed by atoms with E-state index in [4.69, 9.17) is 5.84 Å². The maximum absolute atomic E-state index is 5.45. The zero-order valence-electron chi connectivity index (χ0n) is 10.9. The highest BCUT2D eigenvalue weighted by Crippen LogP contribution is 2.11. The van der Waals surface area contributed by atoms with Gasteiger partial charge in [-0.3, -0.25) is 0 Å². The minimum absolute atomic E-state index is 0.655. The fraction of sp³-hybridized carbons (Fsp3) is 0.545. The van der Waals surface area contributed by atoms with Gasteiger partial charge >= 0.3 is 0 Å². The summed E-state index contributed by atoms with van der Waals surface area (Å²) in [5, 5.41) is 4.88. The Balaban J connectivity index is 0.000000509. The molecule has 0 aliphatic carbocycles. The number of nitrogens with two attached hydrogens (primary N) is 1. The van der Waals surface area contributed by atoms with Gasteiger partial charge in [0.15, 0.2) is 5.65 Å². The summed E-state index contributed by atoms with van der Waals surface area (Å²) >= 11 is 0. The molecule has 2 aromatic heterocycles. The lowest BCUT2D eigenvalue weighted by Crippen LogP contribution is -2.07. The minimum Gasteiger partial charge on any atom is -0.323 e. The number of aryl methyl sites for hydroxylation is 2. The van der Waals surface area contributed by atoms with Crippen molar-refractivity contribution in [2.45, 2.75) is 41.5 Å². The monoisotopic (exact) mass is 223 g/mol. The van der Waals surface area contributed by atoms with Crippen LogP contribution in [0.4, 0.5) is 0 Å². The van der Waals surface area contributed by atoms with Crippen molar-refractivity contribution in [2.75, 3.05) is 5.84 Å². The summed E-state index contributed by atoms with van der Waals surface area (Å²) in [6, 6.07) is 0. The molecule has 0 saturated heterocycles. The van der Waals surface area contributed by atoms with E-state index in [2.05, 4.69) is 15.1 Å². The SMILES string of the molecule is CC.CC.Cc1nc(C)c2cn(N)nc2n1. The Hall–Kier alpha value is -1.65. The Kier molecular flexibility index (Phi) is 6.07. The van der Waals surface area contributed by atoms with E-state index < -0.39 is 0 Å². The lowest BCUT2D eigenvalue weighted by atomic mass is 10.3. The second-order valence-electron chi connectivity index (χ2n) is 2.70. The molecule has 2 rings (SSSR count). The fourth-order valence-corrected chi connectivity index (χ4v) is 1.20. The van der Waals surface area contributed by atoms with Gasteiger partial charge in [-0.05, 0) is 13.8 Å². The van der Waals surface area contributed by atoms with Crippen LogP contribution in [0.25, 0.3) is 11.0 Å². The summed E-state index contributed by atoms with van der Waals surface area (Å²) in [7, 11) is 0. The third kappa shape index (κ3) is 3.18. The van der Waals surface area contributed by atoms with Gasteiger partial charge in [-0.2, -0.15) is 4.79 Å². The van der Waals surface area contributed by atoms with E-state index in [1.165, 1.54) is 4.79 Å². The van der Waals surface area contributed by atoms with Crippen molar-refractivity contribution in [3.05, 3.63) is 17.7 Å². The smallest absolute Gasteiger partial charge is 0.186 e. The van der Waals surface area contributed by atoms with Crippen molar-refractivity contribution < 1.29 is 0 Å². The van der Waals surface area contributed by atoms with E-state index in [0.717, 1.165) is 16.9 Å². The highest BCUT2D eigenvalue weighted by molar-refractivity contribution is 5.76. The van der Waals surface area contributed by atoms with Crippen LogP contribution >= 0.6 is 0 Å². The second kappa shape index (κ2) is 6.76. The normalized spacial score (nSPS) is 8.88. The molecule has 5 nitrogen and oxygen atoms in total. The number of hydrogen-bond donors (Lipinski definition) is 1. The Bertz CT molecular complexity index is 433. The summed E-state index contributed by atoms with van der Waals surface area (Å²) in [6.45, 7) is 11.8. The largest absolute Gasteiger partial charge is 0.323 e. The van der Waals surface area contributed by atoms with Crippen molar-refractivity contribution in [1.29, 1.82) is 0 Å². The molecule has 2 heterocycles. The molecule has 0 saturated carbocycles. The van der Waals surface area contributed by atoms with Crippen LogP contribution in [0.2, 0.25) is 0 Å². The molecule has 2 N–H and O–H groups in total. The summed E-state index contributed by atoms with van der Waals surface area (Å²) in [4.78, 5) is 9.59. The third-order valence-electron chi connectivity index (χ3n) is 1.70. The van der Waals surface area contributed by atoms with Crippen molar-refractivity contribution in [2.24, 2.45) is 0 Å². The van der Waals surface area contributed by atoms with Gasteiger partial charge in [0, 0.05) is 0 Å². The van der Waals surface area contributed by atoms with Gasteiger partial charge in [-0.1, -0.05) is 27.7 Å². The molecule has 2 aromatic rings. The molecule has 16 heavy (non-hydrogen) atoms. The van der Waals surface area contributed by atoms with Gasteiger partial charge in [0.1, 0.15) is 5.82 Å². The Morgan fingerprint density at radius 1 is 1.06 bits per heavy atom. The minimum atomic E-state index is 0.655. The fourth-order valence-electron chi connectivity index (χ4n) is 1.20. The molecule has 0 aromatic carbocycles. The molecule has 0 atom stereocenters. The number of fused-ring (bicyclic) bond motifs is 1. The van der Waals surface area contributed by atoms with Gasteiger partial charge in [0.2, 0.25) is 0 Å². The number of hydrogen-bond acceptors (Lipinski definition) is 4. The van der Waals surface area contributed by atoms with Crippen LogP contribution in [0.5, 0.6) is 0 Å². The quantitative estimate of drug-likeness (QED) is 0.695. The van der Waals surface area contributed by atoms with Gasteiger partial charge in [-0.25, -0.2) is 9.97 Å². The van der Waals surface area contributed by atoms with Crippen molar-refractivity contribution in [3.8, 4) is 0 Å². The number of nitrogen functional groups attached to an aromatic ring is 1. The molecule has 0 fully saturated rings.